The summed E-state index contributed by atoms with van der Waals surface area (Å²) in [6.45, 7) is 4.00. The minimum atomic E-state index is -0.826. The summed E-state index contributed by atoms with van der Waals surface area (Å²) in [6.07, 6.45) is 5.11. The predicted molar refractivity (Wildman–Crippen MR) is 62.9 cm³/mol. The molecular weight excluding hydrogens is 206 g/mol. The SMILES string of the molecule is CC.NC(=O)CC1(CC(=O)O)CCCCC1. The van der Waals surface area contributed by atoms with E-state index < -0.39 is 5.97 Å². The van der Waals surface area contributed by atoms with E-state index in [1.54, 1.807) is 0 Å². The lowest BCUT2D eigenvalue weighted by molar-refractivity contribution is -0.141. The van der Waals surface area contributed by atoms with Crippen LogP contribution in [0.15, 0.2) is 0 Å². The summed E-state index contributed by atoms with van der Waals surface area (Å²) in [7, 11) is 0. The van der Waals surface area contributed by atoms with E-state index in [1.165, 1.54) is 0 Å². The number of primary amides is 1. The van der Waals surface area contributed by atoms with Crippen LogP contribution in [0.3, 0.4) is 0 Å². The number of carboxylic acids is 1. The molecule has 94 valence electrons. The van der Waals surface area contributed by atoms with Crippen LogP contribution < -0.4 is 5.73 Å². The Morgan fingerprint density at radius 2 is 1.62 bits per heavy atom. The molecule has 0 aromatic rings. The summed E-state index contributed by atoms with van der Waals surface area (Å²) in [5.41, 5.74) is 4.80. The third-order valence-corrected chi connectivity index (χ3v) is 2.99. The fourth-order valence-corrected chi connectivity index (χ4v) is 2.41. The number of hydrogen-bond donors (Lipinski definition) is 2. The lowest BCUT2D eigenvalue weighted by atomic mass is 9.69. The van der Waals surface area contributed by atoms with Gasteiger partial charge in [-0.2, -0.15) is 0 Å². The van der Waals surface area contributed by atoms with Crippen LogP contribution in [0.5, 0.6) is 0 Å². The van der Waals surface area contributed by atoms with Crippen molar-refractivity contribution in [3.05, 3.63) is 0 Å². The van der Waals surface area contributed by atoms with Crippen molar-refractivity contribution < 1.29 is 14.7 Å². The fourth-order valence-electron chi connectivity index (χ4n) is 2.41. The maximum Gasteiger partial charge on any atom is 0.303 e. The standard InChI is InChI=1S/C10H17NO3.C2H6/c11-8(12)6-10(7-9(13)14)4-2-1-3-5-10;1-2/h1-7H2,(H2,11,12)(H,13,14);1-2H3. The van der Waals surface area contributed by atoms with Crippen LogP contribution in [0, 0.1) is 5.41 Å². The van der Waals surface area contributed by atoms with Crippen molar-refractivity contribution in [1.29, 1.82) is 0 Å². The van der Waals surface area contributed by atoms with Gasteiger partial charge in [0.1, 0.15) is 0 Å². The van der Waals surface area contributed by atoms with Crippen molar-refractivity contribution in [2.75, 3.05) is 0 Å². The lowest BCUT2D eigenvalue weighted by Crippen LogP contribution is -2.32. The maximum atomic E-state index is 10.9. The molecule has 0 atom stereocenters. The van der Waals surface area contributed by atoms with E-state index in [0.29, 0.717) is 0 Å². The smallest absolute Gasteiger partial charge is 0.303 e. The van der Waals surface area contributed by atoms with Gasteiger partial charge in [0.2, 0.25) is 5.91 Å². The quantitative estimate of drug-likeness (QED) is 0.776. The largest absolute Gasteiger partial charge is 0.481 e. The molecule has 1 saturated carbocycles. The molecule has 0 aromatic carbocycles. The Morgan fingerprint density at radius 3 is 2.00 bits per heavy atom. The Kier molecular flexibility index (Phi) is 6.77. The van der Waals surface area contributed by atoms with Crippen molar-refractivity contribution in [1.82, 2.24) is 0 Å². The predicted octanol–water partition coefficient (Wildman–Crippen LogP) is 2.31. The summed E-state index contributed by atoms with van der Waals surface area (Å²) in [5, 5.41) is 8.79. The van der Waals surface area contributed by atoms with E-state index in [1.807, 2.05) is 13.8 Å². The zero-order valence-electron chi connectivity index (χ0n) is 10.3. The van der Waals surface area contributed by atoms with Crippen LogP contribution in [0.1, 0.15) is 58.8 Å². The van der Waals surface area contributed by atoms with E-state index in [9.17, 15) is 9.59 Å². The molecule has 1 aliphatic rings. The molecule has 0 unspecified atom stereocenters. The topological polar surface area (TPSA) is 80.4 Å². The Hall–Kier alpha value is -1.06. The van der Waals surface area contributed by atoms with Crippen LogP contribution in [-0.2, 0) is 9.59 Å². The van der Waals surface area contributed by atoms with Gasteiger partial charge in [-0.3, -0.25) is 9.59 Å². The highest BCUT2D eigenvalue weighted by atomic mass is 16.4. The number of carbonyl (C=O) groups is 2. The average Bonchev–Trinajstić information content (AvgIpc) is 2.19. The molecule has 1 rings (SSSR count). The first-order valence-electron chi connectivity index (χ1n) is 6.04. The van der Waals surface area contributed by atoms with Gasteiger partial charge in [-0.25, -0.2) is 0 Å². The van der Waals surface area contributed by atoms with Crippen molar-refractivity contribution >= 4 is 11.9 Å². The molecule has 1 amide bonds. The number of aliphatic carboxylic acids is 1. The van der Waals surface area contributed by atoms with Gasteiger partial charge in [-0.1, -0.05) is 33.1 Å². The normalized spacial score (nSPS) is 18.1. The average molecular weight is 229 g/mol. The highest BCUT2D eigenvalue weighted by molar-refractivity contribution is 5.76. The van der Waals surface area contributed by atoms with Gasteiger partial charge in [0.05, 0.1) is 6.42 Å². The first kappa shape index (κ1) is 14.9. The van der Waals surface area contributed by atoms with Gasteiger partial charge < -0.3 is 10.8 Å². The van der Waals surface area contributed by atoms with Gasteiger partial charge >= 0.3 is 5.97 Å². The molecular formula is C12H23NO3. The number of rotatable bonds is 4. The molecule has 1 fully saturated rings. The number of hydrogen-bond acceptors (Lipinski definition) is 2. The highest BCUT2D eigenvalue weighted by Crippen LogP contribution is 2.41. The van der Waals surface area contributed by atoms with E-state index >= 15 is 0 Å². The molecule has 1 aliphatic carbocycles. The summed E-state index contributed by atoms with van der Waals surface area (Å²) in [5.74, 6) is -1.21. The minimum Gasteiger partial charge on any atom is -0.481 e. The highest BCUT2D eigenvalue weighted by Gasteiger charge is 2.35. The minimum absolute atomic E-state index is 0.0793. The van der Waals surface area contributed by atoms with Gasteiger partial charge in [-0.15, -0.1) is 0 Å². The van der Waals surface area contributed by atoms with Crippen LogP contribution in [-0.4, -0.2) is 17.0 Å². The van der Waals surface area contributed by atoms with Gasteiger partial charge in [-0.05, 0) is 18.3 Å². The maximum absolute atomic E-state index is 10.9. The zero-order valence-corrected chi connectivity index (χ0v) is 10.3. The molecule has 4 heteroatoms. The molecule has 0 aromatic heterocycles. The monoisotopic (exact) mass is 229 g/mol. The number of carbonyl (C=O) groups excluding carboxylic acids is 1. The number of carboxylic acid groups (broad SMARTS) is 1. The van der Waals surface area contributed by atoms with Gasteiger partial charge in [0, 0.05) is 6.42 Å². The second kappa shape index (κ2) is 7.25. The zero-order chi connectivity index (χ0) is 12.6. The molecule has 0 aliphatic heterocycles. The molecule has 4 nitrogen and oxygen atoms in total. The van der Waals surface area contributed by atoms with Crippen molar-refractivity contribution in [2.45, 2.75) is 58.8 Å². The summed E-state index contributed by atoms with van der Waals surface area (Å²) in [6, 6.07) is 0. The third-order valence-electron chi connectivity index (χ3n) is 2.99. The van der Waals surface area contributed by atoms with Crippen molar-refractivity contribution in [2.24, 2.45) is 11.1 Å². The van der Waals surface area contributed by atoms with Crippen LogP contribution in [0.2, 0.25) is 0 Å². The van der Waals surface area contributed by atoms with E-state index in [4.69, 9.17) is 10.8 Å². The molecule has 0 saturated heterocycles. The Balaban J connectivity index is 0.00000106. The van der Waals surface area contributed by atoms with Crippen molar-refractivity contribution in [3.8, 4) is 0 Å². The summed E-state index contributed by atoms with van der Waals surface area (Å²) < 4.78 is 0. The number of nitrogens with two attached hydrogens (primary N) is 1. The molecule has 0 bridgehead atoms. The van der Waals surface area contributed by atoms with Crippen molar-refractivity contribution in [3.63, 3.8) is 0 Å². The molecule has 16 heavy (non-hydrogen) atoms. The molecule has 0 radical (unpaired) electrons. The van der Waals surface area contributed by atoms with Crippen LogP contribution in [0.4, 0.5) is 0 Å². The summed E-state index contributed by atoms with van der Waals surface area (Å²) in [4.78, 5) is 21.6. The first-order chi connectivity index (χ1) is 7.54. The molecule has 3 N–H and O–H groups in total. The second-order valence-corrected chi connectivity index (χ2v) is 4.27. The van der Waals surface area contributed by atoms with Crippen LogP contribution in [0.25, 0.3) is 0 Å². The lowest BCUT2D eigenvalue weighted by Gasteiger charge is -2.34. The Bertz CT molecular complexity index is 214. The second-order valence-electron chi connectivity index (χ2n) is 4.27. The fraction of sp³-hybridized carbons (Fsp3) is 0.833. The third kappa shape index (κ3) is 5.14. The Labute approximate surface area is 97.2 Å². The summed E-state index contributed by atoms with van der Waals surface area (Å²) >= 11 is 0. The van der Waals surface area contributed by atoms with E-state index in [0.717, 1.165) is 32.1 Å². The Morgan fingerprint density at radius 1 is 1.12 bits per heavy atom. The number of amides is 1. The van der Waals surface area contributed by atoms with Crippen LogP contribution >= 0.6 is 0 Å². The van der Waals surface area contributed by atoms with E-state index in [2.05, 4.69) is 0 Å². The molecule has 0 spiro atoms. The van der Waals surface area contributed by atoms with E-state index in [-0.39, 0.29) is 24.2 Å². The first-order valence-corrected chi connectivity index (χ1v) is 6.04. The molecule has 0 heterocycles. The van der Waals surface area contributed by atoms with Gasteiger partial charge in [0.25, 0.3) is 0 Å². The van der Waals surface area contributed by atoms with Gasteiger partial charge in [0.15, 0.2) is 0 Å².